The van der Waals surface area contributed by atoms with E-state index in [1.807, 2.05) is 0 Å². The summed E-state index contributed by atoms with van der Waals surface area (Å²) in [5.41, 5.74) is 3.05. The van der Waals surface area contributed by atoms with Crippen molar-refractivity contribution in [2.24, 2.45) is 0 Å². The van der Waals surface area contributed by atoms with Crippen molar-refractivity contribution in [1.82, 2.24) is 0 Å². The normalized spacial score (nSPS) is 20.3. The molecular weight excluding hydrogens is 148 g/mol. The van der Waals surface area contributed by atoms with Gasteiger partial charge in [0.15, 0.2) is 0 Å². The van der Waals surface area contributed by atoms with Crippen LogP contribution >= 0.6 is 0 Å². The van der Waals surface area contributed by atoms with Crippen LogP contribution in [0, 0.1) is 0 Å². The maximum Gasteiger partial charge on any atom is 0.122 e. The Balaban J connectivity index is 2.12. The zero-order valence-corrected chi connectivity index (χ0v) is 7.05. The van der Waals surface area contributed by atoms with Gasteiger partial charge in [-0.15, -0.1) is 0 Å². The topological polar surface area (TPSA) is 9.23 Å². The molecule has 3 rings (SSSR count). The van der Waals surface area contributed by atoms with Crippen molar-refractivity contribution in [2.45, 2.75) is 25.2 Å². The van der Waals surface area contributed by atoms with Gasteiger partial charge in [0.1, 0.15) is 5.75 Å². The molecule has 1 saturated carbocycles. The summed E-state index contributed by atoms with van der Waals surface area (Å²) in [6, 6.07) is 6.48. The maximum absolute atomic E-state index is 5.52. The van der Waals surface area contributed by atoms with Crippen LogP contribution in [0.2, 0.25) is 0 Å². The lowest BCUT2D eigenvalue weighted by atomic mass is 10.0. The van der Waals surface area contributed by atoms with E-state index in [1.165, 1.54) is 18.4 Å². The first-order valence-electron chi connectivity index (χ1n) is 4.70. The van der Waals surface area contributed by atoms with Crippen LogP contribution in [0.25, 0.3) is 0 Å². The Morgan fingerprint density at radius 1 is 1.25 bits per heavy atom. The van der Waals surface area contributed by atoms with E-state index in [2.05, 4.69) is 18.2 Å². The van der Waals surface area contributed by atoms with Gasteiger partial charge in [-0.05, 0) is 30.4 Å². The zero-order chi connectivity index (χ0) is 7.97. The number of benzene rings is 1. The van der Waals surface area contributed by atoms with Gasteiger partial charge >= 0.3 is 0 Å². The number of hydrogen-bond acceptors (Lipinski definition) is 1. The second kappa shape index (κ2) is 2.25. The number of ether oxygens (including phenoxy) is 1. The zero-order valence-electron chi connectivity index (χ0n) is 7.05. The Bertz CT molecular complexity index is 313. The lowest BCUT2D eigenvalue weighted by molar-refractivity contribution is 0.357. The number of fused-ring (bicyclic) bond motifs is 1. The number of hydrogen-bond donors (Lipinski definition) is 0. The Kier molecular flexibility index (Phi) is 1.23. The Labute approximate surface area is 72.4 Å². The highest BCUT2D eigenvalue weighted by molar-refractivity contribution is 5.45. The quantitative estimate of drug-likeness (QED) is 0.613. The largest absolute Gasteiger partial charge is 0.493 e. The van der Waals surface area contributed by atoms with Gasteiger partial charge in [-0.2, -0.15) is 0 Å². The van der Waals surface area contributed by atoms with Gasteiger partial charge in [0.05, 0.1) is 6.61 Å². The van der Waals surface area contributed by atoms with Crippen LogP contribution in [0.4, 0.5) is 0 Å². The third-order valence-corrected chi connectivity index (χ3v) is 2.80. The summed E-state index contributed by atoms with van der Waals surface area (Å²) < 4.78 is 5.52. The summed E-state index contributed by atoms with van der Waals surface area (Å²) in [4.78, 5) is 0. The van der Waals surface area contributed by atoms with E-state index < -0.39 is 0 Å². The Morgan fingerprint density at radius 3 is 3.00 bits per heavy atom. The molecule has 12 heavy (non-hydrogen) atoms. The van der Waals surface area contributed by atoms with Crippen molar-refractivity contribution >= 4 is 0 Å². The maximum atomic E-state index is 5.52. The van der Waals surface area contributed by atoms with Gasteiger partial charge in [-0.3, -0.25) is 0 Å². The van der Waals surface area contributed by atoms with Gasteiger partial charge in [0, 0.05) is 12.0 Å². The summed E-state index contributed by atoms with van der Waals surface area (Å²) in [6.07, 6.45) is 3.90. The summed E-state index contributed by atoms with van der Waals surface area (Å²) >= 11 is 0. The highest BCUT2D eigenvalue weighted by atomic mass is 16.5. The molecule has 0 bridgehead atoms. The van der Waals surface area contributed by atoms with Gasteiger partial charge in [0.25, 0.3) is 0 Å². The molecule has 2 aliphatic rings. The molecule has 0 amide bonds. The molecule has 1 heteroatoms. The summed E-state index contributed by atoms with van der Waals surface area (Å²) in [7, 11) is 0. The standard InChI is InChI=1S/C11H12O/c1-2-9(8-4-5-8)10-6-7-12-11(10)3-1/h1-3,8H,4-7H2. The molecule has 0 unspecified atom stereocenters. The van der Waals surface area contributed by atoms with Gasteiger partial charge in [0.2, 0.25) is 0 Å². The first-order chi connectivity index (χ1) is 5.95. The molecule has 0 aromatic heterocycles. The predicted molar refractivity (Wildman–Crippen MR) is 47.6 cm³/mol. The van der Waals surface area contributed by atoms with E-state index in [1.54, 1.807) is 5.56 Å². The smallest absolute Gasteiger partial charge is 0.122 e. The molecule has 0 saturated heterocycles. The first-order valence-corrected chi connectivity index (χ1v) is 4.70. The van der Waals surface area contributed by atoms with Crippen molar-refractivity contribution in [3.63, 3.8) is 0 Å². The van der Waals surface area contributed by atoms with E-state index in [0.717, 1.165) is 24.7 Å². The molecular formula is C11H12O. The molecule has 0 radical (unpaired) electrons. The molecule has 1 aliphatic heterocycles. The fourth-order valence-corrected chi connectivity index (χ4v) is 2.03. The van der Waals surface area contributed by atoms with E-state index in [4.69, 9.17) is 4.74 Å². The van der Waals surface area contributed by atoms with Gasteiger partial charge < -0.3 is 4.74 Å². The minimum absolute atomic E-state index is 0.863. The second-order valence-corrected chi connectivity index (χ2v) is 3.70. The second-order valence-electron chi connectivity index (χ2n) is 3.70. The van der Waals surface area contributed by atoms with E-state index in [-0.39, 0.29) is 0 Å². The third-order valence-electron chi connectivity index (χ3n) is 2.80. The van der Waals surface area contributed by atoms with Crippen molar-refractivity contribution in [3.05, 3.63) is 29.3 Å². The first kappa shape index (κ1) is 6.53. The molecule has 1 nitrogen and oxygen atoms in total. The fourth-order valence-electron chi connectivity index (χ4n) is 2.03. The molecule has 0 N–H and O–H groups in total. The molecule has 1 fully saturated rings. The van der Waals surface area contributed by atoms with Crippen LogP contribution in [-0.4, -0.2) is 6.61 Å². The van der Waals surface area contributed by atoms with Crippen molar-refractivity contribution < 1.29 is 4.74 Å². The molecule has 62 valence electrons. The molecule has 0 spiro atoms. The fraction of sp³-hybridized carbons (Fsp3) is 0.455. The van der Waals surface area contributed by atoms with Crippen molar-refractivity contribution in [1.29, 1.82) is 0 Å². The van der Waals surface area contributed by atoms with Crippen LogP contribution in [0.15, 0.2) is 18.2 Å². The van der Waals surface area contributed by atoms with Crippen LogP contribution in [-0.2, 0) is 6.42 Å². The van der Waals surface area contributed by atoms with E-state index in [0.29, 0.717) is 0 Å². The lowest BCUT2D eigenvalue weighted by Crippen LogP contribution is -1.88. The minimum atomic E-state index is 0.863. The Morgan fingerprint density at radius 2 is 2.17 bits per heavy atom. The van der Waals surface area contributed by atoms with E-state index in [9.17, 15) is 0 Å². The predicted octanol–water partition coefficient (Wildman–Crippen LogP) is 2.50. The lowest BCUT2D eigenvalue weighted by Gasteiger charge is -2.03. The highest BCUT2D eigenvalue weighted by Crippen LogP contribution is 2.44. The summed E-state index contributed by atoms with van der Waals surface area (Å²) in [6.45, 7) is 0.888. The molecule has 0 atom stereocenters. The van der Waals surface area contributed by atoms with E-state index >= 15 is 0 Å². The van der Waals surface area contributed by atoms with Gasteiger partial charge in [-0.1, -0.05) is 12.1 Å². The summed E-state index contributed by atoms with van der Waals surface area (Å²) in [5.74, 6) is 2.00. The monoisotopic (exact) mass is 160 g/mol. The third kappa shape index (κ3) is 0.857. The Hall–Kier alpha value is -0.980. The van der Waals surface area contributed by atoms with Crippen molar-refractivity contribution in [2.75, 3.05) is 6.61 Å². The average molecular weight is 160 g/mol. The van der Waals surface area contributed by atoms with Crippen LogP contribution < -0.4 is 4.74 Å². The molecule has 1 aromatic carbocycles. The average Bonchev–Trinajstić information content (AvgIpc) is 2.82. The number of rotatable bonds is 1. The molecule has 1 heterocycles. The van der Waals surface area contributed by atoms with Gasteiger partial charge in [-0.25, -0.2) is 0 Å². The SMILES string of the molecule is c1cc2c(c(C3CC3)c1)CCO2. The van der Waals surface area contributed by atoms with Crippen LogP contribution in [0.1, 0.15) is 29.9 Å². The molecule has 1 aliphatic carbocycles. The highest BCUT2D eigenvalue weighted by Gasteiger charge is 2.28. The molecule has 1 aromatic rings. The summed E-state index contributed by atoms with van der Waals surface area (Å²) in [5, 5.41) is 0. The van der Waals surface area contributed by atoms with Crippen LogP contribution in [0.3, 0.4) is 0 Å². The van der Waals surface area contributed by atoms with Crippen LogP contribution in [0.5, 0.6) is 5.75 Å². The van der Waals surface area contributed by atoms with Crippen molar-refractivity contribution in [3.8, 4) is 5.75 Å². The minimum Gasteiger partial charge on any atom is -0.493 e.